The Morgan fingerprint density at radius 3 is 2.64 bits per heavy atom. The van der Waals surface area contributed by atoms with Crippen LogP contribution < -0.4 is 10.2 Å². The highest BCUT2D eigenvalue weighted by Gasteiger charge is 2.25. The van der Waals surface area contributed by atoms with Crippen LogP contribution in [0.3, 0.4) is 0 Å². The molecule has 1 atom stereocenters. The molecule has 0 fully saturated rings. The highest BCUT2D eigenvalue weighted by Crippen LogP contribution is 2.38. The van der Waals surface area contributed by atoms with Crippen LogP contribution in [0.25, 0.3) is 17.1 Å². The van der Waals surface area contributed by atoms with E-state index < -0.39 is 0 Å². The number of benzene rings is 2. The molecular formula is C20H23N5O2S. The van der Waals surface area contributed by atoms with Gasteiger partial charge < -0.3 is 20.4 Å². The summed E-state index contributed by atoms with van der Waals surface area (Å²) < 4.78 is 2.24. The summed E-state index contributed by atoms with van der Waals surface area (Å²) in [6, 6.07) is 9.18. The van der Waals surface area contributed by atoms with Crippen molar-refractivity contribution in [2.75, 3.05) is 16.8 Å². The number of nitrogens with zero attached hydrogens (tertiary/aromatic N) is 3. The van der Waals surface area contributed by atoms with Crippen LogP contribution in [0.4, 0.5) is 11.4 Å². The van der Waals surface area contributed by atoms with E-state index >= 15 is 0 Å². The molecule has 28 heavy (non-hydrogen) atoms. The van der Waals surface area contributed by atoms with Crippen molar-refractivity contribution in [1.82, 2.24) is 14.8 Å². The SMILES string of the molecule is CCc1cc(-c2n[nH]c(=S)n2-c2ccc3c(c2)N(CC)C(C)N3)c(O)cc1O. The van der Waals surface area contributed by atoms with Crippen molar-refractivity contribution >= 4 is 23.6 Å². The van der Waals surface area contributed by atoms with E-state index in [4.69, 9.17) is 12.2 Å². The van der Waals surface area contributed by atoms with Gasteiger partial charge in [-0.25, -0.2) is 0 Å². The second kappa shape index (κ2) is 6.87. The van der Waals surface area contributed by atoms with Crippen molar-refractivity contribution in [3.8, 4) is 28.6 Å². The van der Waals surface area contributed by atoms with Gasteiger partial charge in [0.2, 0.25) is 0 Å². The van der Waals surface area contributed by atoms with E-state index in [1.807, 2.05) is 19.1 Å². The number of fused-ring (bicyclic) bond motifs is 1. The zero-order valence-electron chi connectivity index (χ0n) is 16.0. The number of phenols is 2. The molecule has 1 unspecified atom stereocenters. The van der Waals surface area contributed by atoms with Crippen molar-refractivity contribution in [2.45, 2.75) is 33.4 Å². The summed E-state index contributed by atoms with van der Waals surface area (Å²) in [5, 5.41) is 31.1. The summed E-state index contributed by atoms with van der Waals surface area (Å²) in [7, 11) is 0. The van der Waals surface area contributed by atoms with E-state index in [0.29, 0.717) is 22.6 Å². The molecule has 1 aromatic heterocycles. The molecule has 0 radical (unpaired) electrons. The lowest BCUT2D eigenvalue weighted by Crippen LogP contribution is -2.32. The number of anilines is 2. The first kappa shape index (κ1) is 18.4. The van der Waals surface area contributed by atoms with E-state index in [9.17, 15) is 10.2 Å². The predicted octanol–water partition coefficient (Wildman–Crippen LogP) is 4.17. The van der Waals surface area contributed by atoms with Gasteiger partial charge in [-0.3, -0.25) is 9.67 Å². The molecule has 4 rings (SSSR count). The number of H-pyrrole nitrogens is 1. The Balaban J connectivity index is 1.88. The Bertz CT molecular complexity index is 1100. The number of aromatic hydroxyl groups is 2. The molecule has 2 heterocycles. The summed E-state index contributed by atoms with van der Waals surface area (Å²) >= 11 is 5.48. The Kier molecular flexibility index (Phi) is 4.50. The van der Waals surface area contributed by atoms with Crippen LogP contribution in [-0.2, 0) is 6.42 Å². The first-order valence-electron chi connectivity index (χ1n) is 9.34. The molecule has 0 saturated carbocycles. The van der Waals surface area contributed by atoms with Crippen molar-refractivity contribution in [3.05, 3.63) is 40.7 Å². The Morgan fingerprint density at radius 2 is 1.93 bits per heavy atom. The Hall–Kier alpha value is -3.00. The van der Waals surface area contributed by atoms with Gasteiger partial charge in [0.15, 0.2) is 10.6 Å². The highest BCUT2D eigenvalue weighted by atomic mass is 32.1. The van der Waals surface area contributed by atoms with Crippen LogP contribution >= 0.6 is 12.2 Å². The van der Waals surface area contributed by atoms with Crippen LogP contribution in [0.2, 0.25) is 0 Å². The molecular weight excluding hydrogens is 374 g/mol. The number of aromatic amines is 1. The number of hydrogen-bond donors (Lipinski definition) is 4. The van der Waals surface area contributed by atoms with Crippen molar-refractivity contribution in [2.24, 2.45) is 0 Å². The minimum Gasteiger partial charge on any atom is -0.508 e. The molecule has 0 aliphatic carbocycles. The molecule has 0 saturated heterocycles. The number of nitrogens with one attached hydrogen (secondary N) is 2. The zero-order chi connectivity index (χ0) is 20.0. The minimum atomic E-state index is -0.0448. The van der Waals surface area contributed by atoms with Crippen LogP contribution in [0, 0.1) is 4.77 Å². The lowest BCUT2D eigenvalue weighted by molar-refractivity contribution is 0.447. The molecule has 8 heteroatoms. The molecule has 3 aromatic rings. The molecule has 0 spiro atoms. The summed E-state index contributed by atoms with van der Waals surface area (Å²) in [4.78, 5) is 2.27. The lowest BCUT2D eigenvalue weighted by atomic mass is 10.1. The van der Waals surface area contributed by atoms with Gasteiger partial charge in [0.1, 0.15) is 11.5 Å². The third-order valence-electron chi connectivity index (χ3n) is 5.21. The van der Waals surface area contributed by atoms with Gasteiger partial charge in [0.25, 0.3) is 0 Å². The number of hydrogen-bond acceptors (Lipinski definition) is 6. The monoisotopic (exact) mass is 397 g/mol. The van der Waals surface area contributed by atoms with Gasteiger partial charge in [0, 0.05) is 12.6 Å². The van der Waals surface area contributed by atoms with E-state index in [-0.39, 0.29) is 17.7 Å². The fourth-order valence-electron chi connectivity index (χ4n) is 3.78. The van der Waals surface area contributed by atoms with Gasteiger partial charge in [-0.1, -0.05) is 6.92 Å². The maximum Gasteiger partial charge on any atom is 0.200 e. The smallest absolute Gasteiger partial charge is 0.200 e. The molecule has 2 aromatic carbocycles. The normalized spacial score (nSPS) is 15.5. The van der Waals surface area contributed by atoms with E-state index in [1.165, 1.54) is 6.07 Å². The Labute approximate surface area is 168 Å². The molecule has 0 bridgehead atoms. The van der Waals surface area contributed by atoms with Crippen LogP contribution in [-0.4, -0.2) is 37.7 Å². The second-order valence-corrected chi connectivity index (χ2v) is 7.23. The van der Waals surface area contributed by atoms with Gasteiger partial charge >= 0.3 is 0 Å². The largest absolute Gasteiger partial charge is 0.508 e. The summed E-state index contributed by atoms with van der Waals surface area (Å²) in [5.74, 6) is 0.524. The fraction of sp³-hybridized carbons (Fsp3) is 0.300. The summed E-state index contributed by atoms with van der Waals surface area (Å²) in [6.45, 7) is 7.07. The summed E-state index contributed by atoms with van der Waals surface area (Å²) in [5.41, 5.74) is 4.28. The molecule has 1 aliphatic rings. The van der Waals surface area contributed by atoms with Gasteiger partial charge in [-0.05, 0) is 62.3 Å². The van der Waals surface area contributed by atoms with Crippen molar-refractivity contribution in [3.63, 3.8) is 0 Å². The highest BCUT2D eigenvalue weighted by molar-refractivity contribution is 7.71. The first-order chi connectivity index (χ1) is 13.4. The topological polar surface area (TPSA) is 89.3 Å². The average molecular weight is 398 g/mol. The number of aromatic nitrogens is 3. The summed E-state index contributed by atoms with van der Waals surface area (Å²) in [6.07, 6.45) is 0.860. The number of phenolic OH excluding ortho intramolecular Hbond substituents is 2. The number of rotatable bonds is 4. The van der Waals surface area contributed by atoms with Gasteiger partial charge in [0.05, 0.1) is 28.8 Å². The first-order valence-corrected chi connectivity index (χ1v) is 9.75. The third-order valence-corrected chi connectivity index (χ3v) is 5.49. The van der Waals surface area contributed by atoms with Crippen molar-refractivity contribution < 1.29 is 10.2 Å². The van der Waals surface area contributed by atoms with Crippen LogP contribution in [0.15, 0.2) is 30.3 Å². The minimum absolute atomic E-state index is 0.0448. The Morgan fingerprint density at radius 1 is 1.14 bits per heavy atom. The predicted molar refractivity (Wildman–Crippen MR) is 113 cm³/mol. The lowest BCUT2D eigenvalue weighted by Gasteiger charge is -2.22. The van der Waals surface area contributed by atoms with E-state index in [0.717, 1.165) is 29.2 Å². The number of aryl methyl sites for hydroxylation is 1. The maximum atomic E-state index is 10.4. The van der Waals surface area contributed by atoms with Gasteiger partial charge in [-0.15, -0.1) is 0 Å². The molecule has 4 N–H and O–H groups in total. The molecule has 0 amide bonds. The quantitative estimate of drug-likeness (QED) is 0.494. The third kappa shape index (κ3) is 2.80. The van der Waals surface area contributed by atoms with Gasteiger partial charge in [-0.2, -0.15) is 5.10 Å². The maximum absolute atomic E-state index is 10.4. The fourth-order valence-corrected chi connectivity index (χ4v) is 4.01. The van der Waals surface area contributed by atoms with E-state index in [1.54, 1.807) is 10.6 Å². The van der Waals surface area contributed by atoms with Crippen LogP contribution in [0.5, 0.6) is 11.5 Å². The zero-order valence-corrected chi connectivity index (χ0v) is 16.8. The van der Waals surface area contributed by atoms with E-state index in [2.05, 4.69) is 40.3 Å². The second-order valence-electron chi connectivity index (χ2n) is 6.85. The molecule has 146 valence electrons. The average Bonchev–Trinajstić information content (AvgIpc) is 3.20. The van der Waals surface area contributed by atoms with Crippen LogP contribution in [0.1, 0.15) is 26.3 Å². The standard InChI is InChI=1S/C20H23N5O2S/c1-4-12-8-14(18(27)10-17(12)26)19-22-23-20(28)25(19)13-6-7-15-16(9-13)24(5-2)11(3)21-15/h6-11,21,26-27H,4-5H2,1-3H3,(H,23,28). The molecule has 1 aliphatic heterocycles. The van der Waals surface area contributed by atoms with Crippen molar-refractivity contribution in [1.29, 1.82) is 0 Å². The molecule has 7 nitrogen and oxygen atoms in total.